The van der Waals surface area contributed by atoms with Crippen LogP contribution in [-0.4, -0.2) is 39.2 Å². The lowest BCUT2D eigenvalue weighted by Gasteiger charge is -2.14. The number of imide groups is 2. The van der Waals surface area contributed by atoms with Gasteiger partial charge in [0.2, 0.25) is 0 Å². The van der Waals surface area contributed by atoms with Crippen LogP contribution in [-0.2, 0) is 16.1 Å². The minimum absolute atomic E-state index is 0.0232. The monoisotopic (exact) mass is 343 g/mol. The lowest BCUT2D eigenvalue weighted by molar-refractivity contribution is -0.143. The number of amides is 4. The van der Waals surface area contributed by atoms with Crippen LogP contribution in [0.25, 0.3) is 10.6 Å². The second-order valence-corrected chi connectivity index (χ2v) is 6.35. The molecule has 1 aromatic heterocycles. The minimum atomic E-state index is -0.773. The second kappa shape index (κ2) is 6.92. The Morgan fingerprint density at radius 3 is 2.46 bits per heavy atom. The van der Waals surface area contributed by atoms with Crippen molar-refractivity contribution >= 4 is 29.2 Å². The quantitative estimate of drug-likeness (QED) is 0.597. The zero-order valence-corrected chi connectivity index (χ0v) is 14.1. The summed E-state index contributed by atoms with van der Waals surface area (Å²) >= 11 is 1.45. The molecule has 0 N–H and O–H groups in total. The third kappa shape index (κ3) is 3.07. The molecule has 0 atom stereocenters. The maximum atomic E-state index is 12.3. The molecule has 2 aromatic rings. The largest absolute Gasteiger partial charge is 0.334 e. The van der Waals surface area contributed by atoms with E-state index in [1.807, 2.05) is 42.6 Å². The Balaban J connectivity index is 1.74. The van der Waals surface area contributed by atoms with Crippen LogP contribution in [0.15, 0.2) is 35.7 Å². The number of rotatable bonds is 6. The Bertz CT molecular complexity index is 772. The number of aromatic nitrogens is 1. The summed E-state index contributed by atoms with van der Waals surface area (Å²) in [6.07, 6.45) is 1.53. The molecule has 1 aromatic carbocycles. The number of unbranched alkanes of at least 4 members (excludes halogenated alkanes) is 1. The van der Waals surface area contributed by atoms with E-state index in [4.69, 9.17) is 0 Å². The molecule has 1 fully saturated rings. The van der Waals surface area contributed by atoms with Crippen LogP contribution in [0.2, 0.25) is 0 Å². The molecule has 1 saturated heterocycles. The second-order valence-electron chi connectivity index (χ2n) is 5.49. The van der Waals surface area contributed by atoms with Gasteiger partial charge in [-0.1, -0.05) is 43.7 Å². The molecule has 0 bridgehead atoms. The van der Waals surface area contributed by atoms with Crippen LogP contribution in [0.1, 0.15) is 25.5 Å². The van der Waals surface area contributed by atoms with Crippen LogP contribution in [0, 0.1) is 0 Å². The average molecular weight is 343 g/mol. The van der Waals surface area contributed by atoms with Gasteiger partial charge in [-0.2, -0.15) is 0 Å². The van der Waals surface area contributed by atoms with E-state index in [-0.39, 0.29) is 13.1 Å². The van der Waals surface area contributed by atoms with Gasteiger partial charge in [-0.15, -0.1) is 11.3 Å². The van der Waals surface area contributed by atoms with Gasteiger partial charge in [-0.3, -0.25) is 14.5 Å². The van der Waals surface area contributed by atoms with E-state index in [0.717, 1.165) is 26.8 Å². The maximum absolute atomic E-state index is 12.3. The van der Waals surface area contributed by atoms with Gasteiger partial charge in [-0.25, -0.2) is 14.7 Å². The van der Waals surface area contributed by atoms with Gasteiger partial charge in [0.1, 0.15) is 5.01 Å². The van der Waals surface area contributed by atoms with E-state index in [9.17, 15) is 14.4 Å². The molecule has 124 valence electrons. The average Bonchev–Trinajstić information content (AvgIpc) is 3.15. The lowest BCUT2D eigenvalue weighted by atomic mass is 10.2. The Morgan fingerprint density at radius 1 is 1.04 bits per heavy atom. The molecule has 4 amide bonds. The first-order valence-electron chi connectivity index (χ1n) is 7.79. The molecule has 0 spiro atoms. The first-order valence-corrected chi connectivity index (χ1v) is 8.67. The first kappa shape index (κ1) is 16.3. The predicted molar refractivity (Wildman–Crippen MR) is 90.1 cm³/mol. The summed E-state index contributed by atoms with van der Waals surface area (Å²) in [5.41, 5.74) is 1.58. The number of nitrogens with zero attached hydrogens (tertiary/aromatic N) is 3. The Morgan fingerprint density at radius 2 is 1.75 bits per heavy atom. The van der Waals surface area contributed by atoms with Crippen molar-refractivity contribution in [3.63, 3.8) is 0 Å². The van der Waals surface area contributed by atoms with Gasteiger partial charge in [-0.05, 0) is 6.42 Å². The molecule has 6 nitrogen and oxygen atoms in total. The topological polar surface area (TPSA) is 70.6 Å². The fourth-order valence-corrected chi connectivity index (χ4v) is 3.28. The molecule has 0 saturated carbocycles. The highest BCUT2D eigenvalue weighted by Gasteiger charge is 2.44. The van der Waals surface area contributed by atoms with Crippen LogP contribution in [0.3, 0.4) is 0 Å². The van der Waals surface area contributed by atoms with Crippen molar-refractivity contribution < 1.29 is 14.4 Å². The standard InChI is InChI=1S/C17H17N3O3S/c1-2-3-9-19-15(21)16(22)20(17(19)23)10-13-11-24-14(18-13)12-7-5-4-6-8-12/h4-8,11H,2-3,9-10H2,1H3. The Hall–Kier alpha value is -2.54. The Labute approximate surface area is 143 Å². The highest BCUT2D eigenvalue weighted by atomic mass is 32.1. The summed E-state index contributed by atoms with van der Waals surface area (Å²) in [6.45, 7) is 2.27. The third-order valence-corrected chi connectivity index (χ3v) is 4.70. The zero-order chi connectivity index (χ0) is 17.1. The minimum Gasteiger partial charge on any atom is -0.263 e. The van der Waals surface area contributed by atoms with Crippen molar-refractivity contribution in [1.82, 2.24) is 14.8 Å². The van der Waals surface area contributed by atoms with Crippen LogP contribution in [0.5, 0.6) is 0 Å². The van der Waals surface area contributed by atoms with Crippen LogP contribution < -0.4 is 0 Å². The van der Waals surface area contributed by atoms with Crippen LogP contribution in [0.4, 0.5) is 4.79 Å². The highest BCUT2D eigenvalue weighted by molar-refractivity contribution is 7.13. The van der Waals surface area contributed by atoms with E-state index in [1.54, 1.807) is 0 Å². The van der Waals surface area contributed by atoms with E-state index >= 15 is 0 Å². The molecule has 0 unspecified atom stereocenters. The lowest BCUT2D eigenvalue weighted by Crippen LogP contribution is -2.33. The summed E-state index contributed by atoms with van der Waals surface area (Å²) in [6, 6.07) is 9.13. The first-order chi connectivity index (χ1) is 11.6. The van der Waals surface area contributed by atoms with Crippen molar-refractivity contribution in [1.29, 1.82) is 0 Å². The van der Waals surface area contributed by atoms with Gasteiger partial charge in [0.05, 0.1) is 12.2 Å². The van der Waals surface area contributed by atoms with Gasteiger partial charge < -0.3 is 0 Å². The van der Waals surface area contributed by atoms with Crippen molar-refractivity contribution in [2.45, 2.75) is 26.3 Å². The van der Waals surface area contributed by atoms with Crippen molar-refractivity contribution in [2.75, 3.05) is 6.54 Å². The number of carbonyl (C=O) groups excluding carboxylic acids is 3. The Kier molecular flexibility index (Phi) is 4.71. The molecule has 2 heterocycles. The number of urea groups is 1. The number of carbonyl (C=O) groups is 3. The molecular weight excluding hydrogens is 326 g/mol. The zero-order valence-electron chi connectivity index (χ0n) is 13.3. The smallest absolute Gasteiger partial charge is 0.263 e. The van der Waals surface area contributed by atoms with Crippen molar-refractivity contribution in [3.8, 4) is 10.6 Å². The van der Waals surface area contributed by atoms with E-state index < -0.39 is 17.8 Å². The fourth-order valence-electron chi connectivity index (χ4n) is 2.46. The summed E-state index contributed by atoms with van der Waals surface area (Å²) in [4.78, 5) is 42.8. The molecule has 0 aliphatic carbocycles. The normalized spacial score (nSPS) is 14.8. The van der Waals surface area contributed by atoms with Gasteiger partial charge >= 0.3 is 17.8 Å². The number of hydrogen-bond donors (Lipinski definition) is 0. The molecular formula is C17H17N3O3S. The summed E-state index contributed by atoms with van der Waals surface area (Å²) in [5.74, 6) is -1.52. The fraction of sp³-hybridized carbons (Fsp3) is 0.294. The molecule has 0 radical (unpaired) electrons. The SMILES string of the molecule is CCCCN1C(=O)C(=O)N(Cc2csc(-c3ccccc3)n2)C1=O. The highest BCUT2D eigenvalue weighted by Crippen LogP contribution is 2.25. The number of benzene rings is 1. The van der Waals surface area contributed by atoms with Crippen molar-refractivity contribution in [2.24, 2.45) is 0 Å². The van der Waals surface area contributed by atoms with Gasteiger partial charge in [0.15, 0.2) is 0 Å². The molecule has 24 heavy (non-hydrogen) atoms. The molecule has 1 aliphatic rings. The summed E-state index contributed by atoms with van der Waals surface area (Å²) in [5, 5.41) is 2.63. The molecule has 1 aliphatic heterocycles. The van der Waals surface area contributed by atoms with Crippen molar-refractivity contribution in [3.05, 3.63) is 41.4 Å². The predicted octanol–water partition coefficient (Wildman–Crippen LogP) is 2.90. The number of thiazole rings is 1. The van der Waals surface area contributed by atoms with Crippen LogP contribution >= 0.6 is 11.3 Å². The van der Waals surface area contributed by atoms with Gasteiger partial charge in [0, 0.05) is 17.5 Å². The molecule has 3 rings (SSSR count). The summed E-state index contributed by atoms with van der Waals surface area (Å²) < 4.78 is 0. The number of hydrogen-bond acceptors (Lipinski definition) is 5. The maximum Gasteiger partial charge on any atom is 0.334 e. The molecule has 7 heteroatoms. The third-order valence-electron chi connectivity index (χ3n) is 3.76. The summed E-state index contributed by atoms with van der Waals surface area (Å²) in [7, 11) is 0. The van der Waals surface area contributed by atoms with E-state index in [0.29, 0.717) is 12.1 Å². The van der Waals surface area contributed by atoms with E-state index in [2.05, 4.69) is 4.98 Å². The van der Waals surface area contributed by atoms with E-state index in [1.165, 1.54) is 11.3 Å². The van der Waals surface area contributed by atoms with Gasteiger partial charge in [0.25, 0.3) is 0 Å².